The van der Waals surface area contributed by atoms with E-state index in [2.05, 4.69) is 21.2 Å². The predicted molar refractivity (Wildman–Crippen MR) is 115 cm³/mol. The van der Waals surface area contributed by atoms with Crippen molar-refractivity contribution in [3.05, 3.63) is 56.0 Å². The molecule has 1 N–H and O–H groups in total. The number of hydrogen-bond acceptors (Lipinski definition) is 4. The first-order valence-electron chi connectivity index (χ1n) is 8.36. The van der Waals surface area contributed by atoms with Gasteiger partial charge in [0.2, 0.25) is 0 Å². The maximum absolute atomic E-state index is 12.5. The topological polar surface area (TPSA) is 71.3 Å². The Labute approximate surface area is 182 Å². The molecule has 8 heteroatoms. The Morgan fingerprint density at radius 1 is 1.14 bits per heavy atom. The molecule has 0 fully saturated rings. The maximum Gasteiger partial charge on any atom is 0.266 e. The number of amides is 1. The summed E-state index contributed by atoms with van der Waals surface area (Å²) in [6.45, 7) is 4.67. The van der Waals surface area contributed by atoms with Crippen LogP contribution in [-0.4, -0.2) is 19.1 Å². The number of rotatable bonds is 7. The molecule has 5 nitrogen and oxygen atoms in total. The summed E-state index contributed by atoms with van der Waals surface area (Å²) in [6.07, 6.45) is 1.47. The van der Waals surface area contributed by atoms with Gasteiger partial charge in [0.25, 0.3) is 5.91 Å². The zero-order valence-corrected chi connectivity index (χ0v) is 18.3. The lowest BCUT2D eigenvalue weighted by Gasteiger charge is -2.13. The summed E-state index contributed by atoms with van der Waals surface area (Å²) >= 11 is 15.3. The number of nitrogens with one attached hydrogen (secondary N) is 1. The van der Waals surface area contributed by atoms with Crippen LogP contribution in [-0.2, 0) is 4.79 Å². The van der Waals surface area contributed by atoms with Gasteiger partial charge in [-0.15, -0.1) is 0 Å². The monoisotopic (exact) mass is 482 g/mol. The Balaban J connectivity index is 2.34. The minimum atomic E-state index is -0.570. The second kappa shape index (κ2) is 10.4. The third kappa shape index (κ3) is 5.65. The standard InChI is InChI=1S/C20H17BrCl2N2O3/c1-3-27-18-8-12(15(21)10-19(18)28-4-2)7-13(11-24)20(26)25-14-5-6-16(22)17(23)9-14/h5-10H,3-4H2,1-2H3,(H,25,26)/b13-7+. The van der Waals surface area contributed by atoms with Crippen molar-refractivity contribution in [2.45, 2.75) is 13.8 Å². The van der Waals surface area contributed by atoms with E-state index in [-0.39, 0.29) is 5.57 Å². The zero-order chi connectivity index (χ0) is 20.7. The molecule has 0 atom stereocenters. The molecule has 28 heavy (non-hydrogen) atoms. The van der Waals surface area contributed by atoms with E-state index in [1.54, 1.807) is 24.3 Å². The summed E-state index contributed by atoms with van der Waals surface area (Å²) in [6, 6.07) is 10.0. The van der Waals surface area contributed by atoms with Crippen molar-refractivity contribution < 1.29 is 14.3 Å². The van der Waals surface area contributed by atoms with E-state index >= 15 is 0 Å². The Bertz CT molecular complexity index is 955. The van der Waals surface area contributed by atoms with Crippen molar-refractivity contribution in [1.29, 1.82) is 5.26 Å². The van der Waals surface area contributed by atoms with Gasteiger partial charge in [-0.2, -0.15) is 5.26 Å². The third-order valence-corrected chi connectivity index (χ3v) is 4.93. The van der Waals surface area contributed by atoms with Crippen LogP contribution in [0.3, 0.4) is 0 Å². The van der Waals surface area contributed by atoms with Gasteiger partial charge >= 0.3 is 0 Å². The number of anilines is 1. The van der Waals surface area contributed by atoms with Gasteiger partial charge in [0.05, 0.1) is 23.3 Å². The molecule has 2 aromatic carbocycles. The molecule has 0 aliphatic heterocycles. The number of ether oxygens (including phenoxy) is 2. The van der Waals surface area contributed by atoms with E-state index in [0.29, 0.717) is 50.5 Å². The zero-order valence-electron chi connectivity index (χ0n) is 15.2. The molecule has 0 unspecified atom stereocenters. The van der Waals surface area contributed by atoms with Crippen molar-refractivity contribution in [2.24, 2.45) is 0 Å². The number of benzene rings is 2. The molecule has 1 amide bonds. The molecule has 0 saturated carbocycles. The minimum absolute atomic E-state index is 0.0848. The van der Waals surface area contributed by atoms with Crippen LogP contribution in [0.25, 0.3) is 6.08 Å². The summed E-state index contributed by atoms with van der Waals surface area (Å²) in [4.78, 5) is 12.5. The van der Waals surface area contributed by atoms with Crippen LogP contribution < -0.4 is 14.8 Å². The fourth-order valence-corrected chi connectivity index (χ4v) is 3.01. The lowest BCUT2D eigenvalue weighted by molar-refractivity contribution is -0.112. The van der Waals surface area contributed by atoms with Gasteiger partial charge in [0.1, 0.15) is 11.6 Å². The molecular formula is C20H17BrCl2N2O3. The van der Waals surface area contributed by atoms with Crippen molar-refractivity contribution in [3.63, 3.8) is 0 Å². The van der Waals surface area contributed by atoms with Crippen LogP contribution in [0.15, 0.2) is 40.4 Å². The molecule has 146 valence electrons. The van der Waals surface area contributed by atoms with E-state index in [9.17, 15) is 10.1 Å². The molecule has 0 radical (unpaired) electrons. The molecule has 2 rings (SSSR count). The molecule has 0 aliphatic carbocycles. The number of carbonyl (C=O) groups is 1. The van der Waals surface area contributed by atoms with E-state index in [1.165, 1.54) is 12.1 Å². The molecule has 0 spiro atoms. The quantitative estimate of drug-likeness (QED) is 0.381. The maximum atomic E-state index is 12.5. The van der Waals surface area contributed by atoms with Crippen molar-refractivity contribution in [1.82, 2.24) is 0 Å². The minimum Gasteiger partial charge on any atom is -0.490 e. The molecule has 0 aliphatic rings. The van der Waals surface area contributed by atoms with Crippen LogP contribution in [0, 0.1) is 11.3 Å². The normalized spacial score (nSPS) is 10.9. The van der Waals surface area contributed by atoms with Gasteiger partial charge in [-0.25, -0.2) is 0 Å². The first-order chi connectivity index (χ1) is 13.4. The van der Waals surface area contributed by atoms with Gasteiger partial charge in [-0.3, -0.25) is 4.79 Å². The van der Waals surface area contributed by atoms with Crippen LogP contribution in [0.1, 0.15) is 19.4 Å². The van der Waals surface area contributed by atoms with Crippen LogP contribution in [0.5, 0.6) is 11.5 Å². The van der Waals surface area contributed by atoms with Crippen LogP contribution in [0.4, 0.5) is 5.69 Å². The first kappa shape index (κ1) is 22.1. The molecule has 0 heterocycles. The lowest BCUT2D eigenvalue weighted by atomic mass is 10.1. The van der Waals surface area contributed by atoms with Crippen LogP contribution in [0.2, 0.25) is 10.0 Å². The van der Waals surface area contributed by atoms with Gasteiger partial charge in [0.15, 0.2) is 11.5 Å². The Morgan fingerprint density at radius 2 is 1.79 bits per heavy atom. The second-order valence-electron chi connectivity index (χ2n) is 5.44. The molecule has 0 aromatic heterocycles. The highest BCUT2D eigenvalue weighted by Gasteiger charge is 2.14. The van der Waals surface area contributed by atoms with E-state index < -0.39 is 5.91 Å². The smallest absolute Gasteiger partial charge is 0.266 e. The highest BCUT2D eigenvalue weighted by atomic mass is 79.9. The van der Waals surface area contributed by atoms with Crippen molar-refractivity contribution in [3.8, 4) is 17.6 Å². The molecule has 2 aromatic rings. The molecular weight excluding hydrogens is 467 g/mol. The molecule has 0 bridgehead atoms. The fraction of sp³-hybridized carbons (Fsp3) is 0.200. The average Bonchev–Trinajstić information content (AvgIpc) is 2.66. The van der Waals surface area contributed by atoms with Crippen molar-refractivity contribution in [2.75, 3.05) is 18.5 Å². The number of nitrogens with zero attached hydrogens (tertiary/aromatic N) is 1. The summed E-state index contributed by atoms with van der Waals surface area (Å²) in [5.74, 6) is 0.535. The van der Waals surface area contributed by atoms with Crippen molar-refractivity contribution >= 4 is 56.8 Å². The lowest BCUT2D eigenvalue weighted by Crippen LogP contribution is -2.13. The van der Waals surface area contributed by atoms with Gasteiger partial charge in [-0.05, 0) is 55.8 Å². The van der Waals surface area contributed by atoms with Crippen LogP contribution >= 0.6 is 39.1 Å². The summed E-state index contributed by atoms with van der Waals surface area (Å²) < 4.78 is 11.8. The summed E-state index contributed by atoms with van der Waals surface area (Å²) in [7, 11) is 0. The number of hydrogen-bond donors (Lipinski definition) is 1. The van der Waals surface area contributed by atoms with Gasteiger partial charge in [-0.1, -0.05) is 39.1 Å². The average molecular weight is 484 g/mol. The predicted octanol–water partition coefficient (Wildman–Crippen LogP) is 6.10. The van der Waals surface area contributed by atoms with Gasteiger partial charge in [0, 0.05) is 10.2 Å². The first-order valence-corrected chi connectivity index (χ1v) is 9.91. The second-order valence-corrected chi connectivity index (χ2v) is 7.11. The largest absolute Gasteiger partial charge is 0.490 e. The van der Waals surface area contributed by atoms with Gasteiger partial charge < -0.3 is 14.8 Å². The van der Waals surface area contributed by atoms with E-state index in [1.807, 2.05) is 19.9 Å². The number of nitriles is 1. The molecule has 0 saturated heterocycles. The Morgan fingerprint density at radius 3 is 2.36 bits per heavy atom. The summed E-state index contributed by atoms with van der Waals surface area (Å²) in [5, 5.41) is 12.7. The van der Waals surface area contributed by atoms with E-state index in [4.69, 9.17) is 32.7 Å². The Kier molecular flexibility index (Phi) is 8.18. The number of carbonyl (C=O) groups excluding carboxylic acids is 1. The third-order valence-electron chi connectivity index (χ3n) is 3.51. The highest BCUT2D eigenvalue weighted by molar-refractivity contribution is 9.10. The SMILES string of the molecule is CCOc1cc(Br)c(/C=C(\C#N)C(=O)Nc2ccc(Cl)c(Cl)c2)cc1OCC. The highest BCUT2D eigenvalue weighted by Crippen LogP contribution is 2.35. The summed E-state index contributed by atoms with van der Waals surface area (Å²) in [5.41, 5.74) is 0.951. The Hall–Kier alpha value is -2.20. The fourth-order valence-electron chi connectivity index (χ4n) is 2.27. The number of halogens is 3. The van der Waals surface area contributed by atoms with E-state index in [0.717, 1.165) is 0 Å².